The second-order valence-electron chi connectivity index (χ2n) is 7.87. The van der Waals surface area contributed by atoms with Crippen molar-refractivity contribution in [2.24, 2.45) is 5.41 Å². The first-order valence-corrected chi connectivity index (χ1v) is 12.3. The van der Waals surface area contributed by atoms with E-state index in [4.69, 9.17) is 27.7 Å². The molecule has 5 nitrogen and oxygen atoms in total. The van der Waals surface area contributed by atoms with E-state index in [1.807, 2.05) is 20.8 Å². The molecule has 0 radical (unpaired) electrons. The average Bonchev–Trinajstić information content (AvgIpc) is 3.03. The van der Waals surface area contributed by atoms with Crippen LogP contribution in [0, 0.1) is 17.3 Å². The molecular weight excluding hydrogens is 464 g/mol. The highest BCUT2D eigenvalue weighted by Gasteiger charge is 2.39. The maximum absolute atomic E-state index is 14.1. The van der Waals surface area contributed by atoms with Gasteiger partial charge in [0.15, 0.2) is 0 Å². The van der Waals surface area contributed by atoms with Crippen LogP contribution < -0.4 is 9.97 Å². The third-order valence-electron chi connectivity index (χ3n) is 3.95. The van der Waals surface area contributed by atoms with Crippen molar-refractivity contribution in [3.63, 3.8) is 0 Å². The number of hydrogen-bond acceptors (Lipinski definition) is 4. The number of carboxylic acid groups (broad SMARTS) is 1. The zero-order valence-corrected chi connectivity index (χ0v) is 20.8. The van der Waals surface area contributed by atoms with Crippen LogP contribution in [0.15, 0.2) is 24.3 Å². The van der Waals surface area contributed by atoms with Crippen molar-refractivity contribution in [3.05, 3.63) is 44.1 Å². The Balaban J connectivity index is 2.74. The minimum Gasteiger partial charge on any atom is -0.477 e. The minimum atomic E-state index is -3.77. The summed E-state index contributed by atoms with van der Waals surface area (Å²) in [5.74, 6) is 4.99. The van der Waals surface area contributed by atoms with Gasteiger partial charge in [-0.05, 0) is 58.9 Å². The monoisotopic (exact) mass is 487 g/mol. The van der Waals surface area contributed by atoms with E-state index in [1.54, 1.807) is 26.0 Å². The zero-order chi connectivity index (χ0) is 22.9. The Morgan fingerprint density at radius 3 is 2.37 bits per heavy atom. The Labute approximate surface area is 191 Å². The van der Waals surface area contributed by atoms with E-state index >= 15 is 0 Å². The number of carboxylic acids is 1. The van der Waals surface area contributed by atoms with Crippen LogP contribution in [-0.4, -0.2) is 24.2 Å². The SMILES string of the molecule is COP(=O)(c1ccc(Cl)cc1Cl)N(c1cc(C#CC(C)(C)C)sc1C(=O)O)C(C)C. The van der Waals surface area contributed by atoms with Crippen molar-refractivity contribution in [1.29, 1.82) is 0 Å². The van der Waals surface area contributed by atoms with Crippen molar-refractivity contribution < 1.29 is 19.0 Å². The van der Waals surface area contributed by atoms with Crippen LogP contribution in [0.25, 0.3) is 0 Å². The number of aromatic carboxylic acids is 1. The standard InChI is InChI=1S/C21H24Cl2NO4PS/c1-13(2)24(29(27,28-6)18-8-7-14(22)11-16(18)23)17-12-15(9-10-21(3,4)5)30-19(17)20(25)26/h7-8,11-13H,1-6H3,(H,25,26). The summed E-state index contributed by atoms with van der Waals surface area (Å²) in [6, 6.07) is 5.87. The predicted octanol–water partition coefficient (Wildman–Crippen LogP) is 6.53. The lowest BCUT2D eigenvalue weighted by Crippen LogP contribution is -2.33. The second-order valence-corrected chi connectivity index (χ2v) is 12.1. The lowest BCUT2D eigenvalue weighted by atomic mass is 9.98. The topological polar surface area (TPSA) is 66.8 Å². The highest BCUT2D eigenvalue weighted by molar-refractivity contribution is 7.68. The lowest BCUT2D eigenvalue weighted by Gasteiger charge is -2.35. The van der Waals surface area contributed by atoms with Gasteiger partial charge < -0.3 is 9.63 Å². The van der Waals surface area contributed by atoms with Gasteiger partial charge in [0.2, 0.25) is 0 Å². The summed E-state index contributed by atoms with van der Waals surface area (Å²) < 4.78 is 21.1. The van der Waals surface area contributed by atoms with Crippen molar-refractivity contribution in [2.75, 3.05) is 11.8 Å². The summed E-state index contributed by atoms with van der Waals surface area (Å²) in [5, 5.41) is 10.6. The zero-order valence-electron chi connectivity index (χ0n) is 17.6. The number of nitrogens with zero attached hydrogens (tertiary/aromatic N) is 1. The maximum atomic E-state index is 14.1. The van der Waals surface area contributed by atoms with Gasteiger partial charge in [0.1, 0.15) is 4.88 Å². The molecule has 0 spiro atoms. The molecule has 2 aromatic rings. The van der Waals surface area contributed by atoms with Gasteiger partial charge in [-0.2, -0.15) is 0 Å². The number of thiophene rings is 1. The molecular formula is C21H24Cl2NO4PS. The third-order valence-corrected chi connectivity index (χ3v) is 8.39. The van der Waals surface area contributed by atoms with Crippen LogP contribution in [0.4, 0.5) is 5.69 Å². The van der Waals surface area contributed by atoms with Gasteiger partial charge in [0.05, 0.1) is 20.9 Å². The van der Waals surface area contributed by atoms with E-state index in [0.717, 1.165) is 11.3 Å². The Bertz CT molecular complexity index is 1060. The van der Waals surface area contributed by atoms with Crippen LogP contribution >= 0.6 is 42.1 Å². The molecule has 0 bridgehead atoms. The molecule has 0 saturated heterocycles. The van der Waals surface area contributed by atoms with E-state index in [0.29, 0.717) is 9.90 Å². The van der Waals surface area contributed by atoms with Gasteiger partial charge >= 0.3 is 13.5 Å². The Morgan fingerprint density at radius 1 is 1.27 bits per heavy atom. The summed E-state index contributed by atoms with van der Waals surface area (Å²) in [6.45, 7) is 9.51. The van der Waals surface area contributed by atoms with Crippen molar-refractivity contribution >= 4 is 59.0 Å². The first-order valence-electron chi connectivity index (χ1n) is 9.11. The van der Waals surface area contributed by atoms with E-state index in [1.165, 1.54) is 23.9 Å². The third kappa shape index (κ3) is 5.41. The highest BCUT2D eigenvalue weighted by Crippen LogP contribution is 2.55. The molecule has 0 saturated carbocycles. The molecule has 0 aliphatic carbocycles. The average molecular weight is 488 g/mol. The molecule has 9 heteroatoms. The Morgan fingerprint density at radius 2 is 1.90 bits per heavy atom. The fourth-order valence-electron chi connectivity index (χ4n) is 2.75. The quantitative estimate of drug-likeness (QED) is 0.370. The second kappa shape index (κ2) is 9.34. The van der Waals surface area contributed by atoms with Crippen LogP contribution in [0.1, 0.15) is 49.2 Å². The number of benzene rings is 1. The fraction of sp³-hybridized carbons (Fsp3) is 0.381. The summed E-state index contributed by atoms with van der Waals surface area (Å²) in [7, 11) is -2.45. The molecule has 1 atom stereocenters. The summed E-state index contributed by atoms with van der Waals surface area (Å²) in [4.78, 5) is 12.6. The van der Waals surface area contributed by atoms with Gasteiger partial charge in [0.25, 0.3) is 0 Å². The van der Waals surface area contributed by atoms with Crippen LogP contribution in [0.5, 0.6) is 0 Å². The van der Waals surface area contributed by atoms with Gasteiger partial charge in [-0.15, -0.1) is 11.3 Å². The first kappa shape index (κ1) is 24.8. The van der Waals surface area contributed by atoms with E-state index in [9.17, 15) is 14.5 Å². The van der Waals surface area contributed by atoms with Crippen molar-refractivity contribution in [3.8, 4) is 11.8 Å². The molecule has 0 fully saturated rings. The number of hydrogen-bond donors (Lipinski definition) is 1. The molecule has 1 unspecified atom stereocenters. The molecule has 0 aliphatic heterocycles. The Hall–Kier alpha value is -1.48. The molecule has 1 aromatic carbocycles. The molecule has 162 valence electrons. The summed E-state index contributed by atoms with van der Waals surface area (Å²) >= 11 is 13.4. The Kier molecular flexibility index (Phi) is 7.72. The fourth-order valence-corrected chi connectivity index (χ4v) is 6.64. The van der Waals surface area contributed by atoms with Gasteiger partial charge in [0, 0.05) is 23.6 Å². The normalized spacial score (nSPS) is 13.5. The molecule has 2 rings (SSSR count). The van der Waals surface area contributed by atoms with Crippen molar-refractivity contribution in [1.82, 2.24) is 0 Å². The molecule has 1 aromatic heterocycles. The number of anilines is 1. The number of halogens is 2. The molecule has 0 amide bonds. The molecule has 30 heavy (non-hydrogen) atoms. The summed E-state index contributed by atoms with van der Waals surface area (Å²) in [5.41, 5.74) is 0.0288. The van der Waals surface area contributed by atoms with Crippen LogP contribution in [0.2, 0.25) is 10.0 Å². The van der Waals surface area contributed by atoms with Crippen molar-refractivity contribution in [2.45, 2.75) is 40.7 Å². The minimum absolute atomic E-state index is 0.0317. The van der Waals surface area contributed by atoms with Gasteiger partial charge in [-0.1, -0.05) is 35.0 Å². The number of rotatable bonds is 6. The van der Waals surface area contributed by atoms with Gasteiger partial charge in [-0.3, -0.25) is 9.24 Å². The van der Waals surface area contributed by atoms with Gasteiger partial charge in [-0.25, -0.2) is 4.79 Å². The van der Waals surface area contributed by atoms with Crippen LogP contribution in [-0.2, 0) is 9.09 Å². The van der Waals surface area contributed by atoms with Crippen LogP contribution in [0.3, 0.4) is 0 Å². The van der Waals surface area contributed by atoms with E-state index < -0.39 is 13.5 Å². The van der Waals surface area contributed by atoms with E-state index in [-0.39, 0.29) is 32.3 Å². The molecule has 1 N–H and O–H groups in total. The number of carbonyl (C=O) groups is 1. The largest absolute Gasteiger partial charge is 0.477 e. The first-order chi connectivity index (χ1) is 13.8. The maximum Gasteiger partial charge on any atom is 0.348 e. The molecule has 1 heterocycles. The smallest absolute Gasteiger partial charge is 0.348 e. The predicted molar refractivity (Wildman–Crippen MR) is 126 cm³/mol. The van der Waals surface area contributed by atoms with E-state index in [2.05, 4.69) is 11.8 Å². The summed E-state index contributed by atoms with van der Waals surface area (Å²) in [6.07, 6.45) is 0. The highest BCUT2D eigenvalue weighted by atomic mass is 35.5. The lowest BCUT2D eigenvalue weighted by molar-refractivity contribution is 0.0703. The molecule has 0 aliphatic rings.